The van der Waals surface area contributed by atoms with Gasteiger partial charge in [-0.05, 0) is 85.7 Å². The predicted molar refractivity (Wildman–Crippen MR) is 242 cm³/mol. The summed E-state index contributed by atoms with van der Waals surface area (Å²) in [6.07, 6.45) is 6.04. The fourth-order valence-corrected chi connectivity index (χ4v) is 8.88. The summed E-state index contributed by atoms with van der Waals surface area (Å²) >= 11 is 0. The Labute approximate surface area is 366 Å². The molecular weight excluding hydrogens is 797 g/mol. The third-order valence-corrected chi connectivity index (χ3v) is 12.5. The number of amides is 4. The minimum absolute atomic E-state index is 0.0464. The molecule has 0 bridgehead atoms. The molecule has 0 radical (unpaired) electrons. The first-order valence-electron chi connectivity index (χ1n) is 21.9. The maximum atomic E-state index is 12.9. The maximum Gasteiger partial charge on any atom is 0.329 e. The zero-order valence-corrected chi connectivity index (χ0v) is 36.5. The number of piperazine rings is 1. The lowest BCUT2D eigenvalue weighted by molar-refractivity contribution is -0.120. The van der Waals surface area contributed by atoms with Crippen molar-refractivity contribution >= 4 is 46.1 Å². The number of carbonyl (C=O) groups excluding carboxylic acids is 3. The van der Waals surface area contributed by atoms with Crippen LogP contribution in [0.4, 0.5) is 22.0 Å². The number of pyridine rings is 1. The first kappa shape index (κ1) is 41.7. The van der Waals surface area contributed by atoms with Gasteiger partial charge in [0, 0.05) is 86.5 Å². The van der Waals surface area contributed by atoms with Crippen LogP contribution < -0.4 is 25.3 Å². The lowest BCUT2D eigenvalue weighted by Crippen LogP contribution is -2.50. The number of aromatic nitrogens is 6. The number of hydrogen-bond donors (Lipinski definition) is 3. The summed E-state index contributed by atoms with van der Waals surface area (Å²) in [5.41, 5.74) is 8.62. The molecule has 16 heteroatoms. The van der Waals surface area contributed by atoms with Gasteiger partial charge in [0.1, 0.15) is 17.8 Å². The molecule has 6 aromatic rings. The minimum Gasteiger partial charge on any atom is -0.372 e. The van der Waals surface area contributed by atoms with E-state index in [1.165, 1.54) is 23.4 Å². The van der Waals surface area contributed by atoms with E-state index >= 15 is 0 Å². The molecule has 63 heavy (non-hydrogen) atoms. The number of H-pyrrole nitrogens is 1. The van der Waals surface area contributed by atoms with Crippen molar-refractivity contribution in [2.45, 2.75) is 65.3 Å². The van der Waals surface area contributed by atoms with E-state index < -0.39 is 11.9 Å². The Morgan fingerprint density at radius 2 is 1.60 bits per heavy atom. The second-order valence-electron chi connectivity index (χ2n) is 18.0. The number of fused-ring (bicyclic) bond motifs is 1. The highest BCUT2D eigenvalue weighted by molar-refractivity contribution is 6.05. The molecule has 3 N–H and O–H groups in total. The average molecular weight is 851 g/mol. The second kappa shape index (κ2) is 17.2. The van der Waals surface area contributed by atoms with Gasteiger partial charge in [0.05, 0.1) is 23.6 Å². The van der Waals surface area contributed by atoms with Crippen molar-refractivity contribution in [1.29, 1.82) is 0 Å². The summed E-state index contributed by atoms with van der Waals surface area (Å²) in [7, 11) is 0. The molecule has 3 saturated heterocycles. The number of nitrogens with one attached hydrogen (secondary N) is 3. The molecule has 3 aliphatic rings. The van der Waals surface area contributed by atoms with Gasteiger partial charge in [0.15, 0.2) is 5.82 Å². The van der Waals surface area contributed by atoms with Gasteiger partial charge in [-0.3, -0.25) is 24.7 Å². The molecule has 0 saturated carbocycles. The van der Waals surface area contributed by atoms with E-state index in [0.29, 0.717) is 24.1 Å². The van der Waals surface area contributed by atoms with Crippen molar-refractivity contribution in [3.63, 3.8) is 0 Å². The highest BCUT2D eigenvalue weighted by Gasteiger charge is 2.28. The summed E-state index contributed by atoms with van der Waals surface area (Å²) in [4.78, 5) is 67.3. The maximum absolute atomic E-state index is 12.9. The number of rotatable bonds is 10. The van der Waals surface area contributed by atoms with Crippen LogP contribution in [0.2, 0.25) is 0 Å². The number of nitrogens with zero attached hydrogens (tertiary/aromatic N) is 9. The highest BCUT2D eigenvalue weighted by Crippen LogP contribution is 2.33. The highest BCUT2D eigenvalue weighted by atomic mass is 16.5. The molecule has 0 aliphatic carbocycles. The fourth-order valence-electron chi connectivity index (χ4n) is 8.88. The van der Waals surface area contributed by atoms with Crippen LogP contribution in [-0.2, 0) is 10.2 Å². The molecule has 4 aromatic heterocycles. The van der Waals surface area contributed by atoms with Crippen molar-refractivity contribution in [3.8, 4) is 22.5 Å². The van der Waals surface area contributed by atoms with E-state index in [1.54, 1.807) is 6.33 Å². The number of benzene rings is 2. The van der Waals surface area contributed by atoms with Gasteiger partial charge in [0.2, 0.25) is 5.91 Å². The van der Waals surface area contributed by atoms with Crippen LogP contribution in [0.15, 0.2) is 77.7 Å². The number of carbonyl (C=O) groups is 3. The van der Waals surface area contributed by atoms with Crippen LogP contribution in [0.1, 0.15) is 80.6 Å². The molecular formula is C47H54N12O4. The van der Waals surface area contributed by atoms with Crippen LogP contribution >= 0.6 is 0 Å². The standard InChI is InChI=1S/C47H54N12O4/c1-29-24-33(8-12-36(29)30(2)51-43(61)44-54-45(55-63-44)47(3,4)5)41-37-25-38(52-42(37)50-28-49-41)32-6-9-34(10-7-32)57-17-14-31(15-18-57)27-56-20-22-58(23-21-56)35-11-13-39(48-26-35)59-19-16-40(60)53-46(59)62/h6-13,24-26,28,30-31H,14-23,27H2,1-5H3,(H,51,61)(H,49,50,52)(H,53,60,62)/t30-/m1/s1. The third kappa shape index (κ3) is 8.98. The second-order valence-corrected chi connectivity index (χ2v) is 18.0. The Bertz CT molecular complexity index is 2620. The summed E-state index contributed by atoms with van der Waals surface area (Å²) in [5, 5.41) is 10.3. The Balaban J connectivity index is 0.768. The van der Waals surface area contributed by atoms with Crippen LogP contribution in [0.5, 0.6) is 0 Å². The summed E-state index contributed by atoms with van der Waals surface area (Å²) in [6.45, 7) is 17.3. The summed E-state index contributed by atoms with van der Waals surface area (Å²) < 4.78 is 5.25. The van der Waals surface area contributed by atoms with E-state index in [0.717, 1.165) is 96.2 Å². The molecule has 3 aliphatic heterocycles. The monoisotopic (exact) mass is 850 g/mol. The van der Waals surface area contributed by atoms with Gasteiger partial charge in [-0.1, -0.05) is 50.2 Å². The van der Waals surface area contributed by atoms with Gasteiger partial charge < -0.3 is 24.6 Å². The molecule has 16 nitrogen and oxygen atoms in total. The minimum atomic E-state index is -0.414. The molecule has 9 rings (SSSR count). The number of imide groups is 1. The molecule has 3 fully saturated rings. The van der Waals surface area contributed by atoms with Crippen molar-refractivity contribution < 1.29 is 18.9 Å². The smallest absolute Gasteiger partial charge is 0.329 e. The molecule has 326 valence electrons. The van der Waals surface area contributed by atoms with E-state index in [9.17, 15) is 14.4 Å². The predicted octanol–water partition coefficient (Wildman–Crippen LogP) is 6.65. The topological polar surface area (TPSA) is 182 Å². The molecule has 2 aromatic carbocycles. The lowest BCUT2D eigenvalue weighted by Gasteiger charge is -2.40. The van der Waals surface area contributed by atoms with Crippen molar-refractivity contribution in [2.24, 2.45) is 5.92 Å². The van der Waals surface area contributed by atoms with Gasteiger partial charge in [0.25, 0.3) is 0 Å². The quantitative estimate of drug-likeness (QED) is 0.134. The number of aromatic amines is 1. The average Bonchev–Trinajstić information content (AvgIpc) is 3.97. The van der Waals surface area contributed by atoms with E-state index in [4.69, 9.17) is 9.51 Å². The Hall–Kier alpha value is -6.68. The van der Waals surface area contributed by atoms with Gasteiger partial charge in [-0.15, -0.1) is 0 Å². The lowest BCUT2D eigenvalue weighted by atomic mass is 9.95. The SMILES string of the molecule is Cc1cc(-c2ncnc3[nH]c(-c4ccc(N5CCC(CN6CCN(c7ccc(N8CCC(=O)NC8=O)nc7)CC6)CC5)cc4)cc23)ccc1[C@@H](C)NC(=O)c1nc(C(C)(C)C)no1. The van der Waals surface area contributed by atoms with Gasteiger partial charge in [-0.25, -0.2) is 19.7 Å². The first-order chi connectivity index (χ1) is 30.4. The molecule has 0 unspecified atom stereocenters. The van der Waals surface area contributed by atoms with E-state index in [2.05, 4.69) is 86.8 Å². The van der Waals surface area contributed by atoms with Crippen molar-refractivity contribution in [1.82, 2.24) is 45.6 Å². The van der Waals surface area contributed by atoms with Crippen LogP contribution in [0.25, 0.3) is 33.5 Å². The zero-order chi connectivity index (χ0) is 43.8. The summed E-state index contributed by atoms with van der Waals surface area (Å²) in [5.74, 6) is 1.02. The van der Waals surface area contributed by atoms with Crippen LogP contribution in [-0.4, -0.2) is 105 Å². The first-order valence-corrected chi connectivity index (χ1v) is 21.9. The van der Waals surface area contributed by atoms with Crippen molar-refractivity contribution in [3.05, 3.63) is 96.0 Å². The normalized spacial score (nSPS) is 17.3. The van der Waals surface area contributed by atoms with E-state index in [1.807, 2.05) is 65.1 Å². The zero-order valence-electron chi connectivity index (χ0n) is 36.5. The molecule has 4 amide bonds. The van der Waals surface area contributed by atoms with Crippen molar-refractivity contribution in [2.75, 3.05) is 67.1 Å². The van der Waals surface area contributed by atoms with Gasteiger partial charge in [-0.2, -0.15) is 4.98 Å². The van der Waals surface area contributed by atoms with Crippen LogP contribution in [0, 0.1) is 12.8 Å². The van der Waals surface area contributed by atoms with E-state index in [-0.39, 0.29) is 29.7 Å². The molecule has 1 atom stereocenters. The third-order valence-electron chi connectivity index (χ3n) is 12.5. The Kier molecular flexibility index (Phi) is 11.4. The number of piperidine rings is 1. The fraction of sp³-hybridized carbons (Fsp3) is 0.404. The number of anilines is 3. The number of hydrogen-bond acceptors (Lipinski definition) is 12. The van der Waals surface area contributed by atoms with Gasteiger partial charge >= 0.3 is 17.8 Å². The Morgan fingerprint density at radius 3 is 2.29 bits per heavy atom. The Morgan fingerprint density at radius 1 is 0.873 bits per heavy atom. The summed E-state index contributed by atoms with van der Waals surface area (Å²) in [6, 6.07) is 20.3. The molecule has 0 spiro atoms. The van der Waals surface area contributed by atoms with Crippen LogP contribution in [0.3, 0.4) is 0 Å². The molecule has 7 heterocycles. The number of aryl methyl sites for hydroxylation is 1. The largest absolute Gasteiger partial charge is 0.372 e. The number of urea groups is 1.